The first-order valence-corrected chi connectivity index (χ1v) is 12.8. The highest BCUT2D eigenvalue weighted by molar-refractivity contribution is 7.90. The van der Waals surface area contributed by atoms with E-state index in [0.717, 1.165) is 18.4 Å². The van der Waals surface area contributed by atoms with Crippen LogP contribution in [0.15, 0.2) is 41.3 Å². The molecular weight excluding hydrogens is 468 g/mol. The van der Waals surface area contributed by atoms with Gasteiger partial charge in [0, 0.05) is 18.7 Å². The minimum Gasteiger partial charge on any atom is -0.481 e. The summed E-state index contributed by atoms with van der Waals surface area (Å²) in [6, 6.07) is 8.05. The second-order valence-corrected chi connectivity index (χ2v) is 11.7. The molecule has 10 heteroatoms. The van der Waals surface area contributed by atoms with Crippen molar-refractivity contribution >= 4 is 15.9 Å². The van der Waals surface area contributed by atoms with Crippen molar-refractivity contribution in [2.45, 2.75) is 43.5 Å². The molecule has 7 nitrogen and oxygen atoms in total. The molecule has 2 heterocycles. The number of nitrogens with zero attached hydrogens (tertiary/aromatic N) is 1. The van der Waals surface area contributed by atoms with E-state index in [0.29, 0.717) is 18.7 Å². The number of carbonyl (C=O) groups is 1. The second kappa shape index (κ2) is 8.81. The SMILES string of the molecule is CC(C)(C)OC(=O)N1CC2COC(C1)C2Oc1c(F)cc(-c2ccc(S(C)(=O)=O)cc2)cc1F. The number of fused-ring (bicyclic) bond motifs is 2. The van der Waals surface area contributed by atoms with Crippen LogP contribution in [0, 0.1) is 17.6 Å². The summed E-state index contributed by atoms with van der Waals surface area (Å²) >= 11 is 0. The fourth-order valence-corrected chi connectivity index (χ4v) is 4.78. The Balaban J connectivity index is 1.49. The zero-order chi connectivity index (χ0) is 24.8. The fourth-order valence-electron chi connectivity index (χ4n) is 4.15. The minimum atomic E-state index is -3.38. The predicted octanol–water partition coefficient (Wildman–Crippen LogP) is 4.05. The molecule has 2 aromatic rings. The third kappa shape index (κ3) is 5.17. The Hall–Kier alpha value is -2.72. The van der Waals surface area contributed by atoms with Gasteiger partial charge in [-0.25, -0.2) is 22.0 Å². The Kier molecular flexibility index (Phi) is 6.32. The zero-order valence-corrected chi connectivity index (χ0v) is 20.2. The first kappa shape index (κ1) is 24.4. The van der Waals surface area contributed by atoms with E-state index in [-0.39, 0.29) is 22.9 Å². The number of sulfone groups is 1. The molecular formula is C24H27F2NO6S. The van der Waals surface area contributed by atoms with Gasteiger partial charge in [0.05, 0.1) is 18.0 Å². The van der Waals surface area contributed by atoms with Crippen LogP contribution in [0.4, 0.5) is 13.6 Å². The fraction of sp³-hybridized carbons (Fsp3) is 0.458. The molecule has 34 heavy (non-hydrogen) atoms. The van der Waals surface area contributed by atoms with Crippen LogP contribution in [0.5, 0.6) is 5.75 Å². The Bertz CT molecular complexity index is 1160. The molecule has 2 fully saturated rings. The van der Waals surface area contributed by atoms with Gasteiger partial charge < -0.3 is 19.1 Å². The summed E-state index contributed by atoms with van der Waals surface area (Å²) in [4.78, 5) is 14.1. The molecule has 0 spiro atoms. The predicted molar refractivity (Wildman–Crippen MR) is 120 cm³/mol. The number of hydrogen-bond acceptors (Lipinski definition) is 6. The Morgan fingerprint density at radius 3 is 2.21 bits per heavy atom. The summed E-state index contributed by atoms with van der Waals surface area (Å²) in [7, 11) is -3.38. The molecule has 2 bridgehead atoms. The first-order valence-electron chi connectivity index (χ1n) is 10.9. The number of likely N-dealkylation sites (tertiary alicyclic amines) is 1. The summed E-state index contributed by atoms with van der Waals surface area (Å²) in [6.45, 7) is 6.14. The molecule has 0 aliphatic carbocycles. The third-order valence-corrected chi connectivity index (χ3v) is 6.86. The molecule has 184 valence electrons. The molecule has 2 aliphatic rings. The van der Waals surface area contributed by atoms with E-state index in [2.05, 4.69) is 0 Å². The van der Waals surface area contributed by atoms with Gasteiger partial charge in [-0.15, -0.1) is 0 Å². The average Bonchev–Trinajstić information content (AvgIpc) is 2.95. The smallest absolute Gasteiger partial charge is 0.410 e. The van der Waals surface area contributed by atoms with Gasteiger partial charge in [0.1, 0.15) is 17.8 Å². The molecule has 1 amide bonds. The second-order valence-electron chi connectivity index (χ2n) is 9.67. The summed E-state index contributed by atoms with van der Waals surface area (Å²) in [6.07, 6.45) is -0.520. The van der Waals surface area contributed by atoms with Crippen molar-refractivity contribution < 1.29 is 36.2 Å². The van der Waals surface area contributed by atoms with E-state index < -0.39 is 51.1 Å². The lowest BCUT2D eigenvalue weighted by Gasteiger charge is -2.36. The largest absolute Gasteiger partial charge is 0.481 e. The number of rotatable bonds is 4. The summed E-state index contributed by atoms with van der Waals surface area (Å²) in [5, 5.41) is 0. The highest BCUT2D eigenvalue weighted by Gasteiger charge is 2.47. The van der Waals surface area contributed by atoms with Crippen LogP contribution < -0.4 is 4.74 Å². The maximum atomic E-state index is 14.9. The number of carbonyl (C=O) groups excluding carboxylic acids is 1. The maximum absolute atomic E-state index is 14.9. The van der Waals surface area contributed by atoms with Crippen LogP contribution in [0.1, 0.15) is 20.8 Å². The lowest BCUT2D eigenvalue weighted by Crippen LogP contribution is -2.53. The summed E-state index contributed by atoms with van der Waals surface area (Å²) in [5.74, 6) is -2.52. The molecule has 0 radical (unpaired) electrons. The lowest BCUT2D eigenvalue weighted by molar-refractivity contribution is -0.0193. The van der Waals surface area contributed by atoms with Crippen molar-refractivity contribution in [3.05, 3.63) is 48.0 Å². The monoisotopic (exact) mass is 495 g/mol. The maximum Gasteiger partial charge on any atom is 0.410 e. The van der Waals surface area contributed by atoms with E-state index in [4.69, 9.17) is 14.2 Å². The molecule has 0 aromatic heterocycles. The number of hydrogen-bond donors (Lipinski definition) is 0. The van der Waals surface area contributed by atoms with E-state index in [1.807, 2.05) is 0 Å². The van der Waals surface area contributed by atoms with Crippen molar-refractivity contribution in [3.63, 3.8) is 0 Å². The first-order chi connectivity index (χ1) is 15.8. The molecule has 3 atom stereocenters. The molecule has 0 saturated carbocycles. The molecule has 4 rings (SSSR count). The van der Waals surface area contributed by atoms with Crippen molar-refractivity contribution in [2.75, 3.05) is 26.0 Å². The molecule has 3 unspecified atom stereocenters. The van der Waals surface area contributed by atoms with Crippen molar-refractivity contribution in [1.82, 2.24) is 4.90 Å². The Morgan fingerprint density at radius 1 is 1.06 bits per heavy atom. The van der Waals surface area contributed by atoms with Crippen molar-refractivity contribution in [3.8, 4) is 16.9 Å². The highest BCUT2D eigenvalue weighted by Crippen LogP contribution is 2.36. The molecule has 2 saturated heterocycles. The number of halogens is 2. The number of amides is 1. The van der Waals surface area contributed by atoms with Crippen LogP contribution in [0.25, 0.3) is 11.1 Å². The molecule has 2 aromatic carbocycles. The average molecular weight is 496 g/mol. The number of piperidine rings is 1. The normalized spacial score (nSPS) is 22.5. The van der Waals surface area contributed by atoms with Gasteiger partial charge in [-0.05, 0) is 56.2 Å². The van der Waals surface area contributed by atoms with Gasteiger partial charge in [0.15, 0.2) is 27.2 Å². The number of benzene rings is 2. The van der Waals surface area contributed by atoms with Crippen LogP contribution in [0.2, 0.25) is 0 Å². The van der Waals surface area contributed by atoms with E-state index in [1.54, 1.807) is 20.8 Å². The van der Waals surface area contributed by atoms with E-state index in [9.17, 15) is 22.0 Å². The van der Waals surface area contributed by atoms with Gasteiger partial charge in [0.2, 0.25) is 0 Å². The zero-order valence-electron chi connectivity index (χ0n) is 19.4. The topological polar surface area (TPSA) is 82.1 Å². The van der Waals surface area contributed by atoms with Gasteiger partial charge in [-0.2, -0.15) is 0 Å². The minimum absolute atomic E-state index is 0.116. The molecule has 0 N–H and O–H groups in total. The van der Waals surface area contributed by atoms with E-state index >= 15 is 0 Å². The lowest BCUT2D eigenvalue weighted by atomic mass is 9.96. The number of ether oxygens (including phenoxy) is 3. The van der Waals surface area contributed by atoms with E-state index in [1.165, 1.54) is 29.2 Å². The quantitative estimate of drug-likeness (QED) is 0.637. The van der Waals surface area contributed by atoms with Gasteiger partial charge in [-0.1, -0.05) is 12.1 Å². The van der Waals surface area contributed by atoms with Gasteiger partial charge in [0.25, 0.3) is 0 Å². The third-order valence-electron chi connectivity index (χ3n) is 5.73. The Morgan fingerprint density at radius 2 is 1.68 bits per heavy atom. The Labute approximate surface area is 197 Å². The summed E-state index contributed by atoms with van der Waals surface area (Å²) in [5.41, 5.74) is 0.0795. The molecule has 2 aliphatic heterocycles. The van der Waals surface area contributed by atoms with Crippen molar-refractivity contribution in [1.29, 1.82) is 0 Å². The van der Waals surface area contributed by atoms with Gasteiger partial charge in [-0.3, -0.25) is 0 Å². The van der Waals surface area contributed by atoms with Crippen LogP contribution in [-0.4, -0.2) is 63.2 Å². The van der Waals surface area contributed by atoms with Crippen LogP contribution in [-0.2, 0) is 19.3 Å². The van der Waals surface area contributed by atoms with Crippen molar-refractivity contribution in [2.24, 2.45) is 5.92 Å². The summed E-state index contributed by atoms with van der Waals surface area (Å²) < 4.78 is 69.9. The highest BCUT2D eigenvalue weighted by atomic mass is 32.2. The van der Waals surface area contributed by atoms with Crippen LogP contribution >= 0.6 is 0 Å². The van der Waals surface area contributed by atoms with Gasteiger partial charge >= 0.3 is 6.09 Å². The standard InChI is InChI=1S/C24H27F2NO6S/c1-24(2,3)33-23(28)27-11-16-13-31-20(12-27)21(16)32-22-18(25)9-15(10-19(22)26)14-5-7-17(8-6-14)34(4,29)30/h5-10,16,20-21H,11-13H2,1-4H3. The van der Waals surface area contributed by atoms with Crippen LogP contribution in [0.3, 0.4) is 0 Å².